The minimum atomic E-state index is -3.39. The molecule has 0 aromatic heterocycles. The van der Waals surface area contributed by atoms with Crippen LogP contribution >= 0.6 is 23.2 Å². The number of halogens is 2. The van der Waals surface area contributed by atoms with Gasteiger partial charge in [-0.2, -0.15) is 0 Å². The number of hydrogen-bond acceptors (Lipinski definition) is 5. The van der Waals surface area contributed by atoms with Gasteiger partial charge in [0, 0.05) is 16.3 Å². The van der Waals surface area contributed by atoms with Crippen molar-refractivity contribution < 1.29 is 23.0 Å². The van der Waals surface area contributed by atoms with Gasteiger partial charge in [-0.25, -0.2) is 8.42 Å². The van der Waals surface area contributed by atoms with E-state index in [1.807, 2.05) is 0 Å². The first-order valence-electron chi connectivity index (χ1n) is 6.40. The standard InChI is InChI=1S/C13H16Cl2O5S/c1-2-21(17,18)8-13(19-7-10(6-16)20-13)11-4-3-9(14)5-12(11)15/h3-5,10,16H,2,6-8H2,1H3/t10-,13+/m0/s1. The maximum Gasteiger partial charge on any atom is 0.211 e. The van der Waals surface area contributed by atoms with Crippen LogP contribution in [0.1, 0.15) is 12.5 Å². The average molecular weight is 355 g/mol. The number of aliphatic hydroxyl groups excluding tert-OH is 1. The van der Waals surface area contributed by atoms with Crippen LogP contribution in [0, 0.1) is 0 Å². The van der Waals surface area contributed by atoms with E-state index in [4.69, 9.17) is 32.7 Å². The van der Waals surface area contributed by atoms with Gasteiger partial charge in [0.1, 0.15) is 11.9 Å². The molecule has 0 bridgehead atoms. The molecule has 2 rings (SSSR count). The highest BCUT2D eigenvalue weighted by Gasteiger charge is 2.47. The summed E-state index contributed by atoms with van der Waals surface area (Å²) in [5, 5.41) is 9.89. The highest BCUT2D eigenvalue weighted by atomic mass is 35.5. The Morgan fingerprint density at radius 3 is 2.67 bits per heavy atom. The fraction of sp³-hybridized carbons (Fsp3) is 0.538. The Bertz CT molecular complexity index is 619. The van der Waals surface area contributed by atoms with E-state index >= 15 is 0 Å². The number of aliphatic hydroxyl groups is 1. The van der Waals surface area contributed by atoms with Crippen LogP contribution in [0.15, 0.2) is 18.2 Å². The number of benzene rings is 1. The fourth-order valence-electron chi connectivity index (χ4n) is 2.14. The van der Waals surface area contributed by atoms with Crippen LogP contribution in [-0.2, 0) is 25.1 Å². The zero-order chi connectivity index (χ0) is 15.7. The molecule has 1 aliphatic rings. The average Bonchev–Trinajstić information content (AvgIpc) is 2.82. The van der Waals surface area contributed by atoms with Crippen molar-refractivity contribution in [1.82, 2.24) is 0 Å². The second-order valence-electron chi connectivity index (χ2n) is 4.79. The van der Waals surface area contributed by atoms with Crippen LogP contribution in [0.2, 0.25) is 10.0 Å². The van der Waals surface area contributed by atoms with Crippen molar-refractivity contribution in [2.75, 3.05) is 24.7 Å². The topological polar surface area (TPSA) is 72.8 Å². The molecule has 0 aliphatic carbocycles. The van der Waals surface area contributed by atoms with Crippen molar-refractivity contribution in [2.24, 2.45) is 0 Å². The number of rotatable bonds is 5. The molecule has 0 radical (unpaired) electrons. The Labute approximate surface area is 133 Å². The van der Waals surface area contributed by atoms with Crippen LogP contribution in [0.25, 0.3) is 0 Å². The predicted octanol–water partition coefficient (Wildman–Crippen LogP) is 1.99. The third-order valence-electron chi connectivity index (χ3n) is 3.25. The maximum atomic E-state index is 12.0. The maximum absolute atomic E-state index is 12.0. The van der Waals surface area contributed by atoms with Crippen LogP contribution in [0.5, 0.6) is 0 Å². The van der Waals surface area contributed by atoms with Crippen molar-refractivity contribution in [3.8, 4) is 0 Å². The molecule has 5 nitrogen and oxygen atoms in total. The first kappa shape index (κ1) is 17.0. The lowest BCUT2D eigenvalue weighted by atomic mass is 10.1. The monoisotopic (exact) mass is 354 g/mol. The Morgan fingerprint density at radius 1 is 1.43 bits per heavy atom. The third kappa shape index (κ3) is 3.70. The van der Waals surface area contributed by atoms with Crippen LogP contribution in [-0.4, -0.2) is 44.3 Å². The molecule has 0 amide bonds. The molecule has 1 heterocycles. The van der Waals surface area contributed by atoms with Crippen molar-refractivity contribution >= 4 is 33.0 Å². The van der Waals surface area contributed by atoms with E-state index < -0.39 is 21.7 Å². The molecule has 0 spiro atoms. The van der Waals surface area contributed by atoms with Gasteiger partial charge in [0.15, 0.2) is 9.84 Å². The van der Waals surface area contributed by atoms with Crippen molar-refractivity contribution in [3.05, 3.63) is 33.8 Å². The number of ether oxygens (including phenoxy) is 2. The van der Waals surface area contributed by atoms with E-state index in [1.165, 1.54) is 6.07 Å². The zero-order valence-corrected chi connectivity index (χ0v) is 13.7. The molecule has 0 saturated carbocycles. The van der Waals surface area contributed by atoms with Gasteiger partial charge < -0.3 is 14.6 Å². The van der Waals surface area contributed by atoms with E-state index in [0.29, 0.717) is 10.6 Å². The van der Waals surface area contributed by atoms with Crippen molar-refractivity contribution in [1.29, 1.82) is 0 Å². The summed E-state index contributed by atoms with van der Waals surface area (Å²) in [6.07, 6.45) is -0.594. The molecule has 1 N–H and O–H groups in total. The summed E-state index contributed by atoms with van der Waals surface area (Å²) in [6.45, 7) is 1.37. The van der Waals surface area contributed by atoms with Crippen molar-refractivity contribution in [2.45, 2.75) is 18.8 Å². The van der Waals surface area contributed by atoms with E-state index in [1.54, 1.807) is 19.1 Å². The molecule has 0 unspecified atom stereocenters. The number of sulfone groups is 1. The van der Waals surface area contributed by atoms with Gasteiger partial charge in [-0.3, -0.25) is 0 Å². The Balaban J connectivity index is 2.46. The summed E-state index contributed by atoms with van der Waals surface area (Å²) in [5.41, 5.74) is 0.390. The van der Waals surface area contributed by atoms with Crippen LogP contribution in [0.3, 0.4) is 0 Å². The predicted molar refractivity (Wildman–Crippen MR) is 80.4 cm³/mol. The fourth-order valence-corrected chi connectivity index (χ4v) is 3.78. The molecule has 1 aliphatic heterocycles. The third-order valence-corrected chi connectivity index (χ3v) is 5.50. The normalized spacial score (nSPS) is 26.2. The highest BCUT2D eigenvalue weighted by Crippen LogP contribution is 2.40. The summed E-state index contributed by atoms with van der Waals surface area (Å²) >= 11 is 12.0. The minimum absolute atomic E-state index is 0.0452. The van der Waals surface area contributed by atoms with Gasteiger partial charge in [0.2, 0.25) is 5.79 Å². The Morgan fingerprint density at radius 2 is 2.14 bits per heavy atom. The number of hydrogen-bond donors (Lipinski definition) is 1. The van der Waals surface area contributed by atoms with E-state index in [-0.39, 0.29) is 29.7 Å². The molecule has 1 aromatic carbocycles. The molecular formula is C13H16Cl2O5S. The summed E-state index contributed by atoms with van der Waals surface area (Å²) in [7, 11) is -3.39. The first-order valence-corrected chi connectivity index (χ1v) is 8.98. The van der Waals surface area contributed by atoms with Crippen molar-refractivity contribution in [3.63, 3.8) is 0 Å². The van der Waals surface area contributed by atoms with Gasteiger partial charge >= 0.3 is 0 Å². The summed E-state index contributed by atoms with van der Waals surface area (Å²) in [6, 6.07) is 4.66. The first-order chi connectivity index (χ1) is 9.82. The molecule has 21 heavy (non-hydrogen) atoms. The lowest BCUT2D eigenvalue weighted by Gasteiger charge is -2.29. The lowest BCUT2D eigenvalue weighted by molar-refractivity contribution is -0.162. The quantitative estimate of drug-likeness (QED) is 0.875. The van der Waals surface area contributed by atoms with E-state index in [9.17, 15) is 13.5 Å². The van der Waals surface area contributed by atoms with Crippen LogP contribution in [0.4, 0.5) is 0 Å². The van der Waals surface area contributed by atoms with Gasteiger partial charge in [0.25, 0.3) is 0 Å². The second kappa shape index (κ2) is 6.40. The summed E-state index contributed by atoms with van der Waals surface area (Å²) in [5.74, 6) is -1.92. The van der Waals surface area contributed by atoms with E-state index in [2.05, 4.69) is 0 Å². The Kier molecular flexibility index (Phi) is 5.18. The van der Waals surface area contributed by atoms with Gasteiger partial charge in [0.05, 0.1) is 18.2 Å². The molecule has 2 atom stereocenters. The highest BCUT2D eigenvalue weighted by molar-refractivity contribution is 7.91. The molecule has 8 heteroatoms. The largest absolute Gasteiger partial charge is 0.394 e. The zero-order valence-electron chi connectivity index (χ0n) is 11.4. The Hall–Kier alpha value is -0.370. The summed E-state index contributed by atoms with van der Waals surface area (Å²) < 4.78 is 35.3. The van der Waals surface area contributed by atoms with Gasteiger partial charge in [-0.15, -0.1) is 0 Å². The lowest BCUT2D eigenvalue weighted by Crippen LogP contribution is -2.37. The van der Waals surface area contributed by atoms with Gasteiger partial charge in [-0.1, -0.05) is 36.2 Å². The molecule has 1 aromatic rings. The molecule has 1 fully saturated rings. The second-order valence-corrected chi connectivity index (χ2v) is 7.98. The van der Waals surface area contributed by atoms with E-state index in [0.717, 1.165) is 0 Å². The smallest absolute Gasteiger partial charge is 0.211 e. The molecular weight excluding hydrogens is 339 g/mol. The molecule has 118 valence electrons. The molecule has 1 saturated heterocycles. The minimum Gasteiger partial charge on any atom is -0.394 e. The SMILES string of the molecule is CCS(=O)(=O)C[C@@]1(c2ccc(Cl)cc2Cl)OC[C@H](CO)O1. The van der Waals surface area contributed by atoms with Crippen LogP contribution < -0.4 is 0 Å². The van der Waals surface area contributed by atoms with Gasteiger partial charge in [-0.05, 0) is 12.1 Å². The summed E-state index contributed by atoms with van der Waals surface area (Å²) in [4.78, 5) is 0.